The van der Waals surface area contributed by atoms with Gasteiger partial charge in [0, 0.05) is 0 Å². The quantitative estimate of drug-likeness (QED) is 0.701. The third-order valence-electron chi connectivity index (χ3n) is 1.99. The lowest BCUT2D eigenvalue weighted by Gasteiger charge is -2.11. The van der Waals surface area contributed by atoms with Crippen LogP contribution in [0.25, 0.3) is 0 Å². The smallest absolute Gasteiger partial charge is 0.307 e. The van der Waals surface area contributed by atoms with Gasteiger partial charge in [-0.1, -0.05) is 17.7 Å². The molecule has 0 saturated heterocycles. The lowest BCUT2D eigenvalue weighted by atomic mass is 10.1. The number of aliphatic carboxylic acids is 1. The molecule has 0 spiro atoms. The average molecular weight is 261 g/mol. The number of carboxylic acids is 1. The SMILES string of the molecule is O=C(O)Cc1ccc(OCC(O)CO)c(Cl)c1. The van der Waals surface area contributed by atoms with Gasteiger partial charge in [0.05, 0.1) is 18.1 Å². The van der Waals surface area contributed by atoms with Gasteiger partial charge in [-0.05, 0) is 17.7 Å². The first-order chi connectivity index (χ1) is 8.02. The molecule has 0 heterocycles. The Morgan fingerprint density at radius 1 is 1.47 bits per heavy atom. The zero-order chi connectivity index (χ0) is 12.8. The highest BCUT2D eigenvalue weighted by atomic mass is 35.5. The Bertz CT molecular complexity index is 393. The number of benzene rings is 1. The molecule has 17 heavy (non-hydrogen) atoms. The van der Waals surface area contributed by atoms with Gasteiger partial charge in [-0.2, -0.15) is 0 Å². The molecule has 5 nitrogen and oxygen atoms in total. The van der Waals surface area contributed by atoms with Gasteiger partial charge in [-0.15, -0.1) is 0 Å². The Hall–Kier alpha value is -1.30. The maximum absolute atomic E-state index is 10.5. The van der Waals surface area contributed by atoms with Crippen molar-refractivity contribution >= 4 is 17.6 Å². The summed E-state index contributed by atoms with van der Waals surface area (Å²) in [5.41, 5.74) is 0.567. The normalized spacial score (nSPS) is 12.2. The molecule has 6 heteroatoms. The highest BCUT2D eigenvalue weighted by molar-refractivity contribution is 6.32. The maximum Gasteiger partial charge on any atom is 0.307 e. The van der Waals surface area contributed by atoms with Gasteiger partial charge in [0.2, 0.25) is 0 Å². The first-order valence-electron chi connectivity index (χ1n) is 4.95. The number of carbonyl (C=O) groups is 1. The highest BCUT2D eigenvalue weighted by Gasteiger charge is 2.08. The number of carboxylic acid groups (broad SMARTS) is 1. The third-order valence-corrected chi connectivity index (χ3v) is 2.29. The molecular weight excluding hydrogens is 248 g/mol. The summed E-state index contributed by atoms with van der Waals surface area (Å²) < 4.78 is 5.16. The highest BCUT2D eigenvalue weighted by Crippen LogP contribution is 2.25. The summed E-state index contributed by atoms with van der Waals surface area (Å²) in [5, 5.41) is 26.6. The van der Waals surface area contributed by atoms with Gasteiger partial charge in [-0.25, -0.2) is 0 Å². The number of aliphatic hydroxyl groups is 2. The van der Waals surface area contributed by atoms with Gasteiger partial charge in [0.25, 0.3) is 0 Å². The second kappa shape index (κ2) is 6.44. The van der Waals surface area contributed by atoms with Crippen LogP contribution >= 0.6 is 11.6 Å². The molecule has 0 aliphatic rings. The monoisotopic (exact) mass is 260 g/mol. The Morgan fingerprint density at radius 2 is 2.18 bits per heavy atom. The molecule has 1 unspecified atom stereocenters. The minimum Gasteiger partial charge on any atom is -0.489 e. The second-order valence-electron chi connectivity index (χ2n) is 3.48. The Kier molecular flexibility index (Phi) is 5.21. The molecule has 0 bridgehead atoms. The number of hydrogen-bond donors (Lipinski definition) is 3. The fraction of sp³-hybridized carbons (Fsp3) is 0.364. The summed E-state index contributed by atoms with van der Waals surface area (Å²) >= 11 is 5.88. The van der Waals surface area contributed by atoms with Crippen LogP contribution in [0, 0.1) is 0 Å². The summed E-state index contributed by atoms with van der Waals surface area (Å²) in [6, 6.07) is 4.61. The van der Waals surface area contributed by atoms with Crippen LogP contribution in [0.1, 0.15) is 5.56 Å². The first kappa shape index (κ1) is 13.8. The van der Waals surface area contributed by atoms with Crippen molar-refractivity contribution in [3.63, 3.8) is 0 Å². The summed E-state index contributed by atoms with van der Waals surface area (Å²) in [6.45, 7) is -0.469. The lowest BCUT2D eigenvalue weighted by Crippen LogP contribution is -2.21. The summed E-state index contributed by atoms with van der Waals surface area (Å²) in [7, 11) is 0. The number of aliphatic hydroxyl groups excluding tert-OH is 2. The van der Waals surface area contributed by atoms with E-state index in [1.165, 1.54) is 12.1 Å². The van der Waals surface area contributed by atoms with Crippen molar-refractivity contribution in [3.05, 3.63) is 28.8 Å². The van der Waals surface area contributed by atoms with E-state index in [4.69, 9.17) is 31.7 Å². The molecule has 0 amide bonds. The molecule has 1 aromatic carbocycles. The molecule has 1 atom stereocenters. The minimum atomic E-state index is -0.968. The van der Waals surface area contributed by atoms with Crippen LogP contribution in [-0.4, -0.2) is 40.6 Å². The van der Waals surface area contributed by atoms with Gasteiger partial charge < -0.3 is 20.1 Å². The summed E-state index contributed by atoms with van der Waals surface area (Å²) in [6.07, 6.45) is -1.08. The van der Waals surface area contributed by atoms with Crippen LogP contribution < -0.4 is 4.74 Å². The molecule has 0 aliphatic heterocycles. The zero-order valence-corrected chi connectivity index (χ0v) is 9.72. The molecule has 0 fully saturated rings. The minimum absolute atomic E-state index is 0.0749. The Balaban J connectivity index is 2.66. The first-order valence-corrected chi connectivity index (χ1v) is 5.32. The molecule has 0 saturated carbocycles. The van der Waals surface area contributed by atoms with Crippen molar-refractivity contribution in [3.8, 4) is 5.75 Å². The molecular formula is C11H13ClO5. The van der Waals surface area contributed by atoms with Crippen LogP contribution in [-0.2, 0) is 11.2 Å². The van der Waals surface area contributed by atoms with Gasteiger partial charge in [0.1, 0.15) is 18.5 Å². The van der Waals surface area contributed by atoms with E-state index in [1.807, 2.05) is 0 Å². The van der Waals surface area contributed by atoms with Crippen molar-refractivity contribution < 1.29 is 24.9 Å². The maximum atomic E-state index is 10.5. The van der Waals surface area contributed by atoms with Gasteiger partial charge >= 0.3 is 5.97 Å². The largest absolute Gasteiger partial charge is 0.489 e. The fourth-order valence-electron chi connectivity index (χ4n) is 1.18. The van der Waals surface area contributed by atoms with Crippen molar-refractivity contribution in [2.24, 2.45) is 0 Å². The van der Waals surface area contributed by atoms with E-state index in [0.29, 0.717) is 11.3 Å². The van der Waals surface area contributed by atoms with Crippen LogP contribution in [0.4, 0.5) is 0 Å². The van der Waals surface area contributed by atoms with E-state index >= 15 is 0 Å². The Morgan fingerprint density at radius 3 is 2.71 bits per heavy atom. The number of halogens is 1. The van der Waals surface area contributed by atoms with E-state index in [0.717, 1.165) is 0 Å². The lowest BCUT2D eigenvalue weighted by molar-refractivity contribution is -0.136. The number of hydrogen-bond acceptors (Lipinski definition) is 4. The third kappa shape index (κ3) is 4.60. The van der Waals surface area contributed by atoms with Crippen LogP contribution in [0.3, 0.4) is 0 Å². The van der Waals surface area contributed by atoms with E-state index in [9.17, 15) is 4.79 Å². The van der Waals surface area contributed by atoms with Crippen LogP contribution in [0.2, 0.25) is 5.02 Å². The predicted molar refractivity (Wildman–Crippen MR) is 61.4 cm³/mol. The van der Waals surface area contributed by atoms with E-state index in [2.05, 4.69) is 0 Å². The summed E-state index contributed by atoms with van der Waals surface area (Å²) in [4.78, 5) is 10.5. The van der Waals surface area contributed by atoms with Crippen LogP contribution in [0.5, 0.6) is 5.75 Å². The van der Waals surface area contributed by atoms with Crippen LogP contribution in [0.15, 0.2) is 18.2 Å². The fourth-order valence-corrected chi connectivity index (χ4v) is 1.44. The molecule has 0 radical (unpaired) electrons. The number of rotatable bonds is 6. The second-order valence-corrected chi connectivity index (χ2v) is 3.89. The van der Waals surface area contributed by atoms with Crippen molar-refractivity contribution in [1.29, 1.82) is 0 Å². The van der Waals surface area contributed by atoms with Crippen molar-refractivity contribution in [2.75, 3.05) is 13.2 Å². The standard InChI is InChI=1S/C11H13ClO5/c12-9-3-7(4-11(15)16)1-2-10(9)17-6-8(14)5-13/h1-3,8,13-14H,4-6H2,(H,15,16). The van der Waals surface area contributed by atoms with Crippen molar-refractivity contribution in [2.45, 2.75) is 12.5 Å². The molecule has 3 N–H and O–H groups in total. The van der Waals surface area contributed by atoms with Crippen molar-refractivity contribution in [1.82, 2.24) is 0 Å². The van der Waals surface area contributed by atoms with E-state index in [-0.39, 0.29) is 18.1 Å². The summed E-state index contributed by atoms with van der Waals surface area (Å²) in [5.74, 6) is -0.598. The average Bonchev–Trinajstić information content (AvgIpc) is 2.26. The predicted octanol–water partition coefficient (Wildman–Crippen LogP) is 0.699. The molecule has 1 rings (SSSR count). The molecule has 94 valence electrons. The molecule has 0 aliphatic carbocycles. The van der Waals surface area contributed by atoms with E-state index in [1.54, 1.807) is 6.07 Å². The topological polar surface area (TPSA) is 87.0 Å². The zero-order valence-electron chi connectivity index (χ0n) is 8.97. The van der Waals surface area contributed by atoms with Gasteiger partial charge in [0.15, 0.2) is 0 Å². The van der Waals surface area contributed by atoms with Gasteiger partial charge in [-0.3, -0.25) is 4.79 Å². The number of ether oxygens (including phenoxy) is 1. The van der Waals surface area contributed by atoms with E-state index < -0.39 is 18.7 Å². The molecule has 1 aromatic rings. The Labute approximate surface area is 103 Å². The molecule has 0 aromatic heterocycles.